The van der Waals surface area contributed by atoms with E-state index in [-0.39, 0.29) is 0 Å². The molecule has 0 amide bonds. The minimum Gasteiger partial charge on any atom is -0.497 e. The quantitative estimate of drug-likeness (QED) is 0.666. The summed E-state index contributed by atoms with van der Waals surface area (Å²) in [6, 6.07) is 11.3. The lowest BCUT2D eigenvalue weighted by Gasteiger charge is -2.04. The minimum atomic E-state index is 0.662. The third kappa shape index (κ3) is 3.12. The molecule has 1 heterocycles. The maximum atomic E-state index is 6.17. The van der Waals surface area contributed by atoms with Crippen LogP contribution in [0.25, 0.3) is 11.0 Å². The molecular weight excluding hydrogens is 327 g/mol. The van der Waals surface area contributed by atoms with Crippen LogP contribution >= 0.6 is 35.0 Å². The van der Waals surface area contributed by atoms with Gasteiger partial charge in [0, 0.05) is 21.9 Å². The Bertz CT molecular complexity index is 768. The first-order valence-electron chi connectivity index (χ1n) is 6.27. The molecule has 0 saturated carbocycles. The number of methoxy groups -OCH3 is 1. The molecule has 0 fully saturated rings. The lowest BCUT2D eigenvalue weighted by molar-refractivity contribution is 0.415. The number of ether oxygens (including phenoxy) is 1. The fraction of sp³-hybridized carbons (Fsp3) is 0.133. The smallest absolute Gasteiger partial charge is 0.166 e. The van der Waals surface area contributed by atoms with Gasteiger partial charge in [-0.05, 0) is 29.8 Å². The van der Waals surface area contributed by atoms with Gasteiger partial charge in [-0.3, -0.25) is 0 Å². The Kier molecular flexibility index (Phi) is 4.29. The molecule has 0 saturated heterocycles. The van der Waals surface area contributed by atoms with Gasteiger partial charge in [0.2, 0.25) is 0 Å². The second-order valence-corrected chi connectivity index (χ2v) is 6.19. The van der Waals surface area contributed by atoms with Crippen LogP contribution in [0.15, 0.2) is 41.6 Å². The van der Waals surface area contributed by atoms with Crippen molar-refractivity contribution < 1.29 is 4.74 Å². The highest BCUT2D eigenvalue weighted by Crippen LogP contribution is 2.31. The van der Waals surface area contributed by atoms with Crippen molar-refractivity contribution in [3.8, 4) is 5.75 Å². The summed E-state index contributed by atoms with van der Waals surface area (Å²) in [5.74, 6) is 1.46. The molecule has 3 rings (SSSR count). The van der Waals surface area contributed by atoms with Crippen LogP contribution in [0.4, 0.5) is 0 Å². The third-order valence-electron chi connectivity index (χ3n) is 3.08. The van der Waals surface area contributed by atoms with Crippen LogP contribution in [0.1, 0.15) is 5.56 Å². The number of hydrogen-bond donors (Lipinski definition) is 1. The highest BCUT2D eigenvalue weighted by atomic mass is 35.5. The number of imidazole rings is 1. The Hall–Kier alpha value is -1.36. The number of benzene rings is 2. The summed E-state index contributed by atoms with van der Waals surface area (Å²) in [5.41, 5.74) is 2.77. The Labute approximate surface area is 136 Å². The van der Waals surface area contributed by atoms with E-state index in [4.69, 9.17) is 27.9 Å². The van der Waals surface area contributed by atoms with Crippen LogP contribution in [0.3, 0.4) is 0 Å². The van der Waals surface area contributed by atoms with Gasteiger partial charge in [0.1, 0.15) is 5.75 Å². The van der Waals surface area contributed by atoms with E-state index in [9.17, 15) is 0 Å². The molecule has 0 aliphatic carbocycles. The summed E-state index contributed by atoms with van der Waals surface area (Å²) in [5, 5.41) is 2.18. The molecule has 0 radical (unpaired) electrons. The molecule has 0 atom stereocenters. The molecule has 108 valence electrons. The van der Waals surface area contributed by atoms with E-state index >= 15 is 0 Å². The second kappa shape index (κ2) is 6.18. The highest BCUT2D eigenvalue weighted by molar-refractivity contribution is 7.98. The zero-order chi connectivity index (χ0) is 14.8. The van der Waals surface area contributed by atoms with Crippen LogP contribution in [-0.2, 0) is 5.75 Å². The van der Waals surface area contributed by atoms with Gasteiger partial charge < -0.3 is 9.72 Å². The molecule has 0 bridgehead atoms. The predicted molar refractivity (Wildman–Crippen MR) is 88.7 cm³/mol. The van der Waals surface area contributed by atoms with E-state index in [0.29, 0.717) is 15.8 Å². The monoisotopic (exact) mass is 338 g/mol. The lowest BCUT2D eigenvalue weighted by Crippen LogP contribution is -1.85. The standard InChI is InChI=1S/C15H12Cl2N2OS/c1-20-9-5-6-13-14(7-9)19-15(18-13)21-8-10-11(16)3-2-4-12(10)17/h2-7H,8H2,1H3,(H,18,19). The zero-order valence-corrected chi connectivity index (χ0v) is 13.5. The lowest BCUT2D eigenvalue weighted by atomic mass is 10.2. The summed E-state index contributed by atoms with van der Waals surface area (Å²) in [6.45, 7) is 0. The third-order valence-corrected chi connectivity index (χ3v) is 4.69. The van der Waals surface area contributed by atoms with Crippen LogP contribution in [-0.4, -0.2) is 17.1 Å². The Morgan fingerprint density at radius 3 is 2.67 bits per heavy atom. The molecule has 21 heavy (non-hydrogen) atoms. The Morgan fingerprint density at radius 1 is 1.19 bits per heavy atom. The molecule has 2 aromatic carbocycles. The van der Waals surface area contributed by atoms with Gasteiger partial charge in [-0.25, -0.2) is 4.98 Å². The number of nitrogens with one attached hydrogen (secondary N) is 1. The van der Waals surface area contributed by atoms with Crippen molar-refractivity contribution in [3.63, 3.8) is 0 Å². The number of H-pyrrole nitrogens is 1. The maximum absolute atomic E-state index is 6.17. The first-order valence-corrected chi connectivity index (χ1v) is 8.01. The summed E-state index contributed by atoms with van der Waals surface area (Å²) in [4.78, 5) is 7.79. The summed E-state index contributed by atoms with van der Waals surface area (Å²) in [6.07, 6.45) is 0. The molecule has 1 aromatic heterocycles. The van der Waals surface area contributed by atoms with Gasteiger partial charge in [0.25, 0.3) is 0 Å². The van der Waals surface area contributed by atoms with Crippen molar-refractivity contribution >= 4 is 46.0 Å². The van der Waals surface area contributed by atoms with Crippen LogP contribution in [0, 0.1) is 0 Å². The van der Waals surface area contributed by atoms with Crippen LogP contribution in [0.5, 0.6) is 5.75 Å². The molecule has 0 aliphatic heterocycles. The van der Waals surface area contributed by atoms with E-state index in [2.05, 4.69) is 9.97 Å². The first kappa shape index (κ1) is 14.6. The molecule has 0 spiro atoms. The van der Waals surface area contributed by atoms with Gasteiger partial charge in [0.15, 0.2) is 5.16 Å². The number of aromatic amines is 1. The largest absolute Gasteiger partial charge is 0.497 e. The fourth-order valence-corrected chi connectivity index (χ4v) is 3.60. The van der Waals surface area contributed by atoms with E-state index in [0.717, 1.165) is 27.5 Å². The van der Waals surface area contributed by atoms with E-state index in [1.54, 1.807) is 18.9 Å². The average Bonchev–Trinajstić information content (AvgIpc) is 2.88. The predicted octanol–water partition coefficient (Wildman–Crippen LogP) is 5.17. The van der Waals surface area contributed by atoms with Crippen LogP contribution < -0.4 is 4.74 Å². The van der Waals surface area contributed by atoms with E-state index in [1.165, 1.54) is 0 Å². The molecule has 0 unspecified atom stereocenters. The highest BCUT2D eigenvalue weighted by Gasteiger charge is 2.09. The minimum absolute atomic E-state index is 0.662. The molecule has 3 aromatic rings. The van der Waals surface area contributed by atoms with Crippen molar-refractivity contribution in [2.75, 3.05) is 7.11 Å². The van der Waals surface area contributed by atoms with Crippen molar-refractivity contribution in [1.82, 2.24) is 9.97 Å². The van der Waals surface area contributed by atoms with Gasteiger partial charge in [-0.15, -0.1) is 0 Å². The number of rotatable bonds is 4. The topological polar surface area (TPSA) is 37.9 Å². The number of nitrogens with zero attached hydrogens (tertiary/aromatic N) is 1. The average molecular weight is 339 g/mol. The van der Waals surface area contributed by atoms with Gasteiger partial charge in [-0.2, -0.15) is 0 Å². The molecule has 3 nitrogen and oxygen atoms in total. The fourth-order valence-electron chi connectivity index (χ4n) is 1.97. The number of fused-ring (bicyclic) bond motifs is 1. The summed E-state index contributed by atoms with van der Waals surface area (Å²) < 4.78 is 5.20. The van der Waals surface area contributed by atoms with Crippen molar-refractivity contribution in [1.29, 1.82) is 0 Å². The zero-order valence-electron chi connectivity index (χ0n) is 11.2. The molecular formula is C15H12Cl2N2OS. The molecule has 0 aliphatic rings. The SMILES string of the molecule is COc1ccc2nc(SCc3c(Cl)cccc3Cl)[nH]c2c1. The number of thioether (sulfide) groups is 1. The van der Waals surface area contributed by atoms with E-state index in [1.807, 2.05) is 36.4 Å². The molecule has 6 heteroatoms. The summed E-state index contributed by atoms with van der Waals surface area (Å²) in [7, 11) is 1.65. The Balaban J connectivity index is 1.82. The van der Waals surface area contributed by atoms with Gasteiger partial charge in [0.05, 0.1) is 18.1 Å². The number of aromatic nitrogens is 2. The number of halogens is 2. The van der Waals surface area contributed by atoms with Crippen molar-refractivity contribution in [3.05, 3.63) is 52.0 Å². The first-order chi connectivity index (χ1) is 10.2. The molecule has 1 N–H and O–H groups in total. The second-order valence-electron chi connectivity index (χ2n) is 4.41. The van der Waals surface area contributed by atoms with Crippen LogP contribution in [0.2, 0.25) is 10.0 Å². The maximum Gasteiger partial charge on any atom is 0.166 e. The normalized spacial score (nSPS) is 11.0. The number of hydrogen-bond acceptors (Lipinski definition) is 3. The van der Waals surface area contributed by atoms with Gasteiger partial charge >= 0.3 is 0 Å². The van der Waals surface area contributed by atoms with Gasteiger partial charge in [-0.1, -0.05) is 41.0 Å². The Morgan fingerprint density at radius 2 is 1.95 bits per heavy atom. The summed E-state index contributed by atoms with van der Waals surface area (Å²) >= 11 is 13.9. The van der Waals surface area contributed by atoms with E-state index < -0.39 is 0 Å². The van der Waals surface area contributed by atoms with Crippen molar-refractivity contribution in [2.24, 2.45) is 0 Å². The van der Waals surface area contributed by atoms with Crippen molar-refractivity contribution in [2.45, 2.75) is 10.9 Å².